The maximum absolute atomic E-state index is 15.0. The molecule has 0 saturated heterocycles. The molecule has 2 aromatic carbocycles. The first-order valence-corrected chi connectivity index (χ1v) is 21.4. The highest BCUT2D eigenvalue weighted by molar-refractivity contribution is 5.96. The van der Waals surface area contributed by atoms with E-state index in [0.29, 0.717) is 95.9 Å². The van der Waals surface area contributed by atoms with Crippen molar-refractivity contribution in [3.8, 4) is 47.4 Å². The standard InChI is InChI=1S/C45H49N15O2/c1-4-16-54-24-35-28-56(50-46-35)41-18-33(32(3)61)19-42(22-41)57-29-36(47-51-57)25-55(17-5-2)27-38-31-59(53-49-38)44-21-34(20-43(23-44)58-30-37(26-54)48-52-58)45(62)60(39-12-8-6-9-13-39)40-14-10-7-11-15-40/h1-2,18-23,28-31,39-40H,6-17,24-27H2,3H3. The van der Waals surface area contributed by atoms with Gasteiger partial charge in [-0.1, -0.05) is 71.2 Å². The summed E-state index contributed by atoms with van der Waals surface area (Å²) in [6, 6.07) is 11.6. The van der Waals surface area contributed by atoms with Crippen molar-refractivity contribution in [3.05, 3.63) is 95.1 Å². The Bertz CT molecular complexity index is 2490. The van der Waals surface area contributed by atoms with E-state index in [4.69, 9.17) is 12.8 Å². The number of rotatable bonds is 6. The Morgan fingerprint density at radius 3 is 1.21 bits per heavy atom. The summed E-state index contributed by atoms with van der Waals surface area (Å²) in [5, 5.41) is 36.0. The van der Waals surface area contributed by atoms with Crippen LogP contribution in [0, 0.1) is 24.7 Å². The van der Waals surface area contributed by atoms with Crippen molar-refractivity contribution < 1.29 is 9.59 Å². The van der Waals surface area contributed by atoms with E-state index in [1.165, 1.54) is 19.8 Å². The molecule has 17 heteroatoms. The lowest BCUT2D eigenvalue weighted by Crippen LogP contribution is -2.48. The monoisotopic (exact) mass is 831 g/mol. The number of carbonyl (C=O) groups excluding carboxylic acids is 2. The van der Waals surface area contributed by atoms with Gasteiger partial charge < -0.3 is 4.90 Å². The largest absolute Gasteiger partial charge is 0.333 e. The molecule has 0 atom stereocenters. The molecule has 316 valence electrons. The zero-order valence-corrected chi connectivity index (χ0v) is 34.9. The van der Waals surface area contributed by atoms with Crippen LogP contribution in [0.2, 0.25) is 0 Å². The molecule has 1 amide bonds. The molecule has 9 rings (SSSR count). The number of hydrogen-bond acceptors (Lipinski definition) is 12. The summed E-state index contributed by atoms with van der Waals surface area (Å²) in [5.74, 6) is 5.43. The van der Waals surface area contributed by atoms with Crippen molar-refractivity contribution in [2.24, 2.45) is 0 Å². The summed E-state index contributed by atoms with van der Waals surface area (Å²) in [6.45, 7) is 3.64. The van der Waals surface area contributed by atoms with Crippen LogP contribution < -0.4 is 0 Å². The van der Waals surface area contributed by atoms with E-state index in [1.807, 2.05) is 58.9 Å². The molecule has 0 spiro atoms. The van der Waals surface area contributed by atoms with Gasteiger partial charge in [-0.3, -0.25) is 19.4 Å². The average molecular weight is 832 g/mol. The van der Waals surface area contributed by atoms with Gasteiger partial charge in [0.15, 0.2) is 5.78 Å². The van der Waals surface area contributed by atoms with E-state index in [9.17, 15) is 9.59 Å². The number of nitrogens with zero attached hydrogens (tertiary/aromatic N) is 15. The third kappa shape index (κ3) is 8.95. The third-order valence-electron chi connectivity index (χ3n) is 12.0. The average Bonchev–Trinajstić information content (AvgIpc) is 4.13. The molecule has 3 aliphatic rings. The number of ketones is 1. The van der Waals surface area contributed by atoms with Crippen LogP contribution in [-0.4, -0.2) is 112 Å². The fraction of sp³-hybridized carbons (Fsp3) is 0.422. The van der Waals surface area contributed by atoms with Gasteiger partial charge in [-0.2, -0.15) is 0 Å². The van der Waals surface area contributed by atoms with Gasteiger partial charge in [-0.25, -0.2) is 18.7 Å². The number of Topliss-reactive ketones (excluding diaryl/α,β-unsaturated/α-hetero) is 1. The minimum Gasteiger partial charge on any atom is -0.333 e. The van der Waals surface area contributed by atoms with E-state index in [0.717, 1.165) is 51.4 Å². The number of carbonyl (C=O) groups is 2. The predicted octanol–water partition coefficient (Wildman–Crippen LogP) is 4.90. The van der Waals surface area contributed by atoms with E-state index in [-0.39, 0.29) is 23.8 Å². The summed E-state index contributed by atoms with van der Waals surface area (Å²) in [6.07, 6.45) is 30.1. The Morgan fingerprint density at radius 2 is 0.887 bits per heavy atom. The quantitative estimate of drug-likeness (QED) is 0.165. The lowest BCUT2D eigenvalue weighted by molar-refractivity contribution is 0.0448. The highest BCUT2D eigenvalue weighted by Gasteiger charge is 2.33. The molecule has 2 aliphatic carbocycles. The number of aromatic nitrogens is 12. The van der Waals surface area contributed by atoms with Crippen LogP contribution in [0.5, 0.6) is 0 Å². The van der Waals surface area contributed by atoms with Gasteiger partial charge in [0.05, 0.1) is 83.4 Å². The first kappa shape index (κ1) is 40.6. The molecule has 62 heavy (non-hydrogen) atoms. The molecule has 2 saturated carbocycles. The smallest absolute Gasteiger partial charge is 0.254 e. The lowest BCUT2D eigenvalue weighted by Gasteiger charge is -2.42. The van der Waals surface area contributed by atoms with Gasteiger partial charge in [0.1, 0.15) is 0 Å². The van der Waals surface area contributed by atoms with Crippen LogP contribution in [0.1, 0.15) is 115 Å². The van der Waals surface area contributed by atoms with Crippen LogP contribution in [0.4, 0.5) is 0 Å². The van der Waals surface area contributed by atoms with Crippen molar-refractivity contribution in [2.45, 2.75) is 109 Å². The number of amides is 1. The second kappa shape index (κ2) is 18.0. The molecular formula is C45H49N15O2. The number of terminal acetylenes is 2. The van der Waals surface area contributed by atoms with E-state index in [2.05, 4.69) is 58.0 Å². The molecule has 0 N–H and O–H groups in total. The second-order valence-electron chi connectivity index (χ2n) is 16.6. The third-order valence-corrected chi connectivity index (χ3v) is 12.0. The maximum Gasteiger partial charge on any atom is 0.254 e. The molecule has 6 aromatic rings. The van der Waals surface area contributed by atoms with Gasteiger partial charge in [0.2, 0.25) is 0 Å². The Morgan fingerprint density at radius 1 is 0.548 bits per heavy atom. The summed E-state index contributed by atoms with van der Waals surface area (Å²) >= 11 is 0. The van der Waals surface area contributed by atoms with Gasteiger partial charge >= 0.3 is 0 Å². The van der Waals surface area contributed by atoms with Crippen LogP contribution in [-0.2, 0) is 26.2 Å². The van der Waals surface area contributed by atoms with Crippen molar-refractivity contribution in [3.63, 3.8) is 0 Å². The Hall–Kier alpha value is -6.82. The van der Waals surface area contributed by atoms with Crippen molar-refractivity contribution in [2.75, 3.05) is 13.1 Å². The van der Waals surface area contributed by atoms with E-state index < -0.39 is 0 Å². The highest BCUT2D eigenvalue weighted by Crippen LogP contribution is 2.32. The molecule has 0 unspecified atom stereocenters. The number of benzene rings is 2. The highest BCUT2D eigenvalue weighted by atomic mass is 16.2. The van der Waals surface area contributed by atoms with Crippen LogP contribution in [0.25, 0.3) is 22.7 Å². The lowest BCUT2D eigenvalue weighted by atomic mass is 9.88. The second-order valence-corrected chi connectivity index (χ2v) is 16.6. The summed E-state index contributed by atoms with van der Waals surface area (Å²) in [4.78, 5) is 33.9. The first-order chi connectivity index (χ1) is 30.3. The summed E-state index contributed by atoms with van der Waals surface area (Å²) in [7, 11) is 0. The SMILES string of the molecule is C#CCN1Cc2cn(nn2)-c2cc(C(C)=O)cc(c2)-n2cc(nn2)CN(CC#C)Cc2cn(nn2)-c2cc(C(=O)N(C3CCCCC3)C3CCCCC3)cc(c2)-n2cc(nn2)C1. The Kier molecular flexibility index (Phi) is 11.8. The van der Waals surface area contributed by atoms with Crippen LogP contribution in [0.3, 0.4) is 0 Å². The minimum absolute atomic E-state index is 0.0332. The fourth-order valence-electron chi connectivity index (χ4n) is 9.04. The Balaban J connectivity index is 1.12. The van der Waals surface area contributed by atoms with Gasteiger partial charge in [0, 0.05) is 49.4 Å². The van der Waals surface area contributed by atoms with Gasteiger partial charge in [-0.15, -0.1) is 33.2 Å². The molecule has 4 aromatic heterocycles. The normalized spacial score (nSPS) is 16.8. The van der Waals surface area contributed by atoms with E-state index in [1.54, 1.807) is 30.9 Å². The summed E-state index contributed by atoms with van der Waals surface area (Å²) < 4.78 is 6.65. The zero-order chi connectivity index (χ0) is 42.6. The van der Waals surface area contributed by atoms with Crippen LogP contribution in [0.15, 0.2) is 61.2 Å². The topological polar surface area (TPSA) is 167 Å². The number of fused-ring (bicyclic) bond motifs is 16. The van der Waals surface area contributed by atoms with Crippen molar-refractivity contribution in [1.82, 2.24) is 74.7 Å². The van der Waals surface area contributed by atoms with Crippen molar-refractivity contribution in [1.29, 1.82) is 0 Å². The summed E-state index contributed by atoms with van der Waals surface area (Å²) in [5.41, 5.74) is 6.31. The first-order valence-electron chi connectivity index (χ1n) is 21.4. The molecule has 17 nitrogen and oxygen atoms in total. The Labute approximate surface area is 360 Å². The molecular weight excluding hydrogens is 783 g/mol. The van der Waals surface area contributed by atoms with Gasteiger partial charge in [-0.05, 0) is 69.0 Å². The van der Waals surface area contributed by atoms with Crippen molar-refractivity contribution >= 4 is 11.7 Å². The fourth-order valence-corrected chi connectivity index (χ4v) is 9.04. The minimum atomic E-state index is -0.113. The number of hydrogen-bond donors (Lipinski definition) is 0. The molecule has 5 heterocycles. The molecule has 12 bridgehead atoms. The molecule has 2 fully saturated rings. The maximum atomic E-state index is 15.0. The van der Waals surface area contributed by atoms with Gasteiger partial charge in [0.25, 0.3) is 5.91 Å². The predicted molar refractivity (Wildman–Crippen MR) is 228 cm³/mol. The van der Waals surface area contributed by atoms with E-state index >= 15 is 0 Å². The molecule has 0 radical (unpaired) electrons. The molecule has 1 aliphatic heterocycles. The zero-order valence-electron chi connectivity index (χ0n) is 34.9. The van der Waals surface area contributed by atoms with Crippen LogP contribution >= 0.6 is 0 Å².